The number of allylic oxidation sites excluding steroid dienone is 7. The second-order valence-corrected chi connectivity index (χ2v) is 9.96. The lowest BCUT2D eigenvalue weighted by Crippen LogP contribution is -2.40. The molecule has 45 heavy (non-hydrogen) atoms. The molecular weight excluding hydrogens is 593 g/mol. The highest BCUT2D eigenvalue weighted by atomic mass is 35.5. The fraction of sp³-hybridized carbons (Fsp3) is 0.250. The van der Waals surface area contributed by atoms with E-state index in [1.54, 1.807) is 66.3 Å². The molecule has 0 aliphatic rings. The Kier molecular flexibility index (Phi) is 15.9. The van der Waals surface area contributed by atoms with Crippen LogP contribution in [0.5, 0.6) is 0 Å². The molecular formula is C36H41ClFN3O4. The highest BCUT2D eigenvalue weighted by molar-refractivity contribution is 6.30. The van der Waals surface area contributed by atoms with E-state index < -0.39 is 17.9 Å². The standard InChI is InChI=1S/C34H35ClFN3O4.C2H6/c1-4-6-9-30(43-23-25-12-18-29(36)19-13-25)10-7-8-11-31(34(41)42)38-33(40)32-22-39(24(3)37-32)21-20-26(5-2)27-14-16-28(35)17-15-27;1-2/h5-10,12-20,22,31H,2,4,11,21,23H2,1,3H3,(H,38,40)(H,41,42);1-2H3/b8-7+,9-6-,26-20+,30-10+;. The number of aromatic nitrogens is 2. The summed E-state index contributed by atoms with van der Waals surface area (Å²) in [5, 5.41) is 12.9. The van der Waals surface area contributed by atoms with Crippen LogP contribution < -0.4 is 5.32 Å². The van der Waals surface area contributed by atoms with Gasteiger partial charge in [-0.3, -0.25) is 4.79 Å². The smallest absolute Gasteiger partial charge is 0.326 e. The number of ether oxygens (including phenoxy) is 1. The maximum absolute atomic E-state index is 13.2. The van der Waals surface area contributed by atoms with Gasteiger partial charge in [0, 0.05) is 17.8 Å². The summed E-state index contributed by atoms with van der Waals surface area (Å²) in [5.74, 6) is -0.909. The van der Waals surface area contributed by atoms with Crippen molar-refractivity contribution in [1.29, 1.82) is 0 Å². The predicted molar refractivity (Wildman–Crippen MR) is 179 cm³/mol. The van der Waals surface area contributed by atoms with Crippen molar-refractivity contribution in [2.24, 2.45) is 0 Å². The highest BCUT2D eigenvalue weighted by Crippen LogP contribution is 2.19. The van der Waals surface area contributed by atoms with E-state index in [9.17, 15) is 19.1 Å². The third-order valence-corrected chi connectivity index (χ3v) is 6.57. The van der Waals surface area contributed by atoms with Crippen LogP contribution in [0.1, 0.15) is 61.1 Å². The van der Waals surface area contributed by atoms with E-state index in [2.05, 4.69) is 16.9 Å². The van der Waals surface area contributed by atoms with Crippen LogP contribution in [0.4, 0.5) is 4.39 Å². The Morgan fingerprint density at radius 1 is 1.13 bits per heavy atom. The van der Waals surface area contributed by atoms with Gasteiger partial charge < -0.3 is 19.7 Å². The number of hydrogen-bond acceptors (Lipinski definition) is 4. The molecule has 1 amide bonds. The van der Waals surface area contributed by atoms with E-state index in [-0.39, 0.29) is 24.5 Å². The van der Waals surface area contributed by atoms with Gasteiger partial charge in [-0.15, -0.1) is 0 Å². The Morgan fingerprint density at radius 2 is 1.82 bits per heavy atom. The minimum atomic E-state index is -1.17. The van der Waals surface area contributed by atoms with Crippen molar-refractivity contribution in [1.82, 2.24) is 14.9 Å². The molecule has 0 aliphatic carbocycles. The summed E-state index contributed by atoms with van der Waals surface area (Å²) in [6.45, 7) is 12.3. The van der Waals surface area contributed by atoms with Crippen LogP contribution in [0.25, 0.3) is 5.57 Å². The molecule has 0 saturated heterocycles. The molecule has 3 aromatic rings. The third kappa shape index (κ3) is 12.4. The molecule has 7 nitrogen and oxygen atoms in total. The van der Waals surface area contributed by atoms with Gasteiger partial charge in [0.2, 0.25) is 0 Å². The number of benzene rings is 2. The van der Waals surface area contributed by atoms with Crippen molar-refractivity contribution in [2.45, 2.75) is 59.7 Å². The van der Waals surface area contributed by atoms with E-state index in [4.69, 9.17) is 16.3 Å². The van der Waals surface area contributed by atoms with E-state index in [0.717, 1.165) is 23.1 Å². The number of aryl methyl sites for hydroxylation is 1. The highest BCUT2D eigenvalue weighted by Gasteiger charge is 2.21. The van der Waals surface area contributed by atoms with Gasteiger partial charge in [-0.05, 0) is 72.9 Å². The van der Waals surface area contributed by atoms with E-state index in [1.165, 1.54) is 12.1 Å². The van der Waals surface area contributed by atoms with Gasteiger partial charge in [-0.25, -0.2) is 14.2 Å². The lowest BCUT2D eigenvalue weighted by atomic mass is 10.1. The summed E-state index contributed by atoms with van der Waals surface area (Å²) < 4.78 is 20.8. The molecule has 1 atom stereocenters. The average molecular weight is 634 g/mol. The third-order valence-electron chi connectivity index (χ3n) is 6.32. The lowest BCUT2D eigenvalue weighted by molar-refractivity contribution is -0.139. The van der Waals surface area contributed by atoms with Crippen molar-refractivity contribution in [3.8, 4) is 0 Å². The zero-order valence-corrected chi connectivity index (χ0v) is 26.9. The quantitative estimate of drug-likeness (QED) is 0.129. The first-order chi connectivity index (χ1) is 21.7. The van der Waals surface area contributed by atoms with Crippen molar-refractivity contribution >= 4 is 29.1 Å². The zero-order chi connectivity index (χ0) is 33.2. The minimum Gasteiger partial charge on any atom is -0.489 e. The molecule has 1 heterocycles. The Balaban J connectivity index is 0.00000345. The average Bonchev–Trinajstić information content (AvgIpc) is 3.42. The van der Waals surface area contributed by atoms with E-state index >= 15 is 0 Å². The molecule has 0 bridgehead atoms. The second-order valence-electron chi connectivity index (χ2n) is 9.52. The van der Waals surface area contributed by atoms with Gasteiger partial charge >= 0.3 is 5.97 Å². The largest absolute Gasteiger partial charge is 0.489 e. The zero-order valence-electron chi connectivity index (χ0n) is 26.2. The normalized spacial score (nSPS) is 12.5. The van der Waals surface area contributed by atoms with E-state index in [1.807, 2.05) is 51.1 Å². The monoisotopic (exact) mass is 633 g/mol. The molecule has 238 valence electrons. The molecule has 0 aliphatic heterocycles. The van der Waals surface area contributed by atoms with Crippen molar-refractivity contribution in [2.75, 3.05) is 0 Å². The summed E-state index contributed by atoms with van der Waals surface area (Å²) in [4.78, 5) is 29.1. The van der Waals surface area contributed by atoms with Gasteiger partial charge in [-0.2, -0.15) is 0 Å². The molecule has 1 aromatic heterocycles. The lowest BCUT2D eigenvalue weighted by Gasteiger charge is -2.11. The van der Waals surface area contributed by atoms with Crippen molar-refractivity contribution in [3.05, 3.63) is 143 Å². The van der Waals surface area contributed by atoms with Crippen LogP contribution in [0, 0.1) is 12.7 Å². The fourth-order valence-corrected chi connectivity index (χ4v) is 4.05. The molecule has 0 fully saturated rings. The number of carbonyl (C=O) groups is 2. The molecule has 2 N–H and O–H groups in total. The number of amides is 1. The van der Waals surface area contributed by atoms with Gasteiger partial charge in [0.25, 0.3) is 5.91 Å². The minimum absolute atomic E-state index is 0.0481. The van der Waals surface area contributed by atoms with Gasteiger partial charge in [-0.1, -0.05) is 93.6 Å². The van der Waals surface area contributed by atoms with Crippen molar-refractivity contribution in [3.63, 3.8) is 0 Å². The Hall–Kier alpha value is -4.69. The summed E-state index contributed by atoms with van der Waals surface area (Å²) >= 11 is 5.99. The first kappa shape index (κ1) is 36.5. The fourth-order valence-electron chi connectivity index (χ4n) is 3.93. The summed E-state index contributed by atoms with van der Waals surface area (Å²) in [7, 11) is 0. The number of rotatable bonds is 15. The molecule has 0 spiro atoms. The molecule has 1 unspecified atom stereocenters. The maximum atomic E-state index is 13.2. The summed E-state index contributed by atoms with van der Waals surface area (Å²) in [5.41, 5.74) is 2.78. The first-order valence-corrected chi connectivity index (χ1v) is 15.1. The Morgan fingerprint density at radius 3 is 2.44 bits per heavy atom. The molecule has 0 saturated carbocycles. The molecule has 0 radical (unpaired) electrons. The number of carboxylic acid groups (broad SMARTS) is 1. The Labute approximate surface area is 270 Å². The predicted octanol–water partition coefficient (Wildman–Crippen LogP) is 8.48. The van der Waals surface area contributed by atoms with Crippen LogP contribution in [0.3, 0.4) is 0 Å². The second kappa shape index (κ2) is 19.6. The molecule has 2 aromatic carbocycles. The molecule has 9 heteroatoms. The number of nitrogens with one attached hydrogen (secondary N) is 1. The summed E-state index contributed by atoms with van der Waals surface area (Å²) in [6.07, 6.45) is 14.9. The van der Waals surface area contributed by atoms with Crippen molar-refractivity contribution < 1.29 is 23.8 Å². The maximum Gasteiger partial charge on any atom is 0.326 e. The SMILES string of the molecule is C=C/C(=C\Cn1cc(C(=O)NC(C/C=C/C=C(\C=C/CC)OCc2ccc(F)cc2)C(=O)O)nc1C)c1ccc(Cl)cc1.CC. The number of imidazole rings is 1. The Bertz CT molecular complexity index is 1520. The van der Waals surface area contributed by atoms with Gasteiger partial charge in [0.15, 0.2) is 0 Å². The van der Waals surface area contributed by atoms with Crippen LogP contribution >= 0.6 is 11.6 Å². The van der Waals surface area contributed by atoms with Crippen LogP contribution in [-0.2, 0) is 22.7 Å². The van der Waals surface area contributed by atoms with Crippen LogP contribution in [0.2, 0.25) is 5.02 Å². The number of aliphatic carboxylic acids is 1. The van der Waals surface area contributed by atoms with E-state index in [0.29, 0.717) is 23.2 Å². The molecule has 3 rings (SSSR count). The number of halogens is 2. The number of carboxylic acids is 1. The van der Waals surface area contributed by atoms with Crippen LogP contribution in [0.15, 0.2) is 110 Å². The number of nitrogens with zero attached hydrogens (tertiary/aromatic N) is 2. The van der Waals surface area contributed by atoms with Gasteiger partial charge in [0.05, 0.1) is 0 Å². The number of hydrogen-bond donors (Lipinski definition) is 2. The van der Waals surface area contributed by atoms with Crippen LogP contribution in [-0.4, -0.2) is 32.6 Å². The first-order valence-electron chi connectivity index (χ1n) is 14.8. The number of carbonyl (C=O) groups excluding carboxylic acids is 1. The summed E-state index contributed by atoms with van der Waals surface area (Å²) in [6, 6.07) is 12.3. The van der Waals surface area contributed by atoms with Gasteiger partial charge in [0.1, 0.15) is 35.7 Å². The topological polar surface area (TPSA) is 93.5 Å².